The Morgan fingerprint density at radius 1 is 1.07 bits per heavy atom. The first-order valence-electron chi connectivity index (χ1n) is 8.47. The molecule has 0 radical (unpaired) electrons. The molecule has 0 aromatic heterocycles. The van der Waals surface area contributed by atoms with Gasteiger partial charge in [-0.05, 0) is 54.6 Å². The smallest absolute Gasteiger partial charge is 0.298 e. The number of carbonyl (C=O) groups is 2. The van der Waals surface area contributed by atoms with E-state index in [1.54, 1.807) is 48.6 Å². The van der Waals surface area contributed by atoms with Crippen molar-refractivity contribution >= 4 is 34.7 Å². The first kappa shape index (κ1) is 18.8. The van der Waals surface area contributed by atoms with Gasteiger partial charge in [-0.2, -0.15) is 0 Å². The predicted molar refractivity (Wildman–Crippen MR) is 108 cm³/mol. The van der Waals surface area contributed by atoms with E-state index in [1.807, 2.05) is 19.1 Å². The summed E-state index contributed by atoms with van der Waals surface area (Å²) in [6.45, 7) is 6.37. The van der Waals surface area contributed by atoms with Gasteiger partial charge in [0, 0.05) is 0 Å². The lowest BCUT2D eigenvalue weighted by atomic mass is 10.1. The third kappa shape index (κ3) is 4.23. The number of nitrogens with zero attached hydrogens (tertiary/aromatic N) is 1. The van der Waals surface area contributed by atoms with Crippen molar-refractivity contribution in [1.29, 1.82) is 0 Å². The summed E-state index contributed by atoms with van der Waals surface area (Å²) in [6, 6.07) is 14.3. The fraction of sp³-hybridized carbons (Fsp3) is 0.143. The van der Waals surface area contributed by atoms with Gasteiger partial charge in [-0.15, -0.1) is 0 Å². The third-order valence-corrected chi connectivity index (χ3v) is 4.60. The van der Waals surface area contributed by atoms with Crippen LogP contribution in [0.15, 0.2) is 66.1 Å². The topological polar surface area (TPSA) is 55.8 Å². The molecule has 0 spiro atoms. The number of para-hydroxylation sites is 1. The quantitative estimate of drug-likeness (QED) is 0.505. The van der Waals surface area contributed by atoms with Crippen LogP contribution in [0.25, 0.3) is 6.08 Å². The summed E-state index contributed by atoms with van der Waals surface area (Å²) in [6.07, 6.45) is 3.34. The standard InChI is InChI=1S/C21H19NO4S/c1-3-12-26-17-11-10-15(13-18(17)25-4-2)14-19-20(23)22(21(24)27-19)16-8-6-5-7-9-16/h3,5-11,13-14H,1,4,12H2,2H3/b19-14-. The highest BCUT2D eigenvalue weighted by atomic mass is 32.2. The van der Waals surface area contributed by atoms with Crippen LogP contribution in [0.1, 0.15) is 12.5 Å². The van der Waals surface area contributed by atoms with Crippen LogP contribution in [0.5, 0.6) is 11.5 Å². The molecular formula is C21H19NO4S. The molecule has 138 valence electrons. The van der Waals surface area contributed by atoms with Crippen molar-refractivity contribution in [2.75, 3.05) is 18.1 Å². The van der Waals surface area contributed by atoms with E-state index < -0.39 is 0 Å². The SMILES string of the molecule is C=CCOc1ccc(/C=C2\SC(=O)N(c3ccccc3)C2=O)cc1OCC. The Labute approximate surface area is 162 Å². The maximum atomic E-state index is 12.7. The average Bonchev–Trinajstić information content (AvgIpc) is 2.95. The zero-order valence-corrected chi connectivity index (χ0v) is 15.7. The van der Waals surface area contributed by atoms with Crippen LogP contribution in [0.2, 0.25) is 0 Å². The Kier molecular flexibility index (Phi) is 5.98. The number of benzene rings is 2. The molecule has 27 heavy (non-hydrogen) atoms. The van der Waals surface area contributed by atoms with Gasteiger partial charge in [0.2, 0.25) is 0 Å². The molecule has 1 heterocycles. The first-order chi connectivity index (χ1) is 13.1. The maximum Gasteiger partial charge on any atom is 0.298 e. The summed E-state index contributed by atoms with van der Waals surface area (Å²) in [5.41, 5.74) is 1.31. The number of imide groups is 1. The maximum absolute atomic E-state index is 12.7. The summed E-state index contributed by atoms with van der Waals surface area (Å²) in [4.78, 5) is 26.5. The molecule has 2 aromatic carbocycles. The number of ether oxygens (including phenoxy) is 2. The molecule has 1 saturated heterocycles. The summed E-state index contributed by atoms with van der Waals surface area (Å²) in [7, 11) is 0. The molecule has 0 aliphatic carbocycles. The zero-order chi connectivity index (χ0) is 19.2. The minimum absolute atomic E-state index is 0.312. The normalized spacial score (nSPS) is 15.3. The number of rotatable bonds is 7. The fourth-order valence-electron chi connectivity index (χ4n) is 2.57. The van der Waals surface area contributed by atoms with Gasteiger partial charge >= 0.3 is 0 Å². The average molecular weight is 381 g/mol. The van der Waals surface area contributed by atoms with Gasteiger partial charge in [0.05, 0.1) is 17.2 Å². The van der Waals surface area contributed by atoms with Gasteiger partial charge in [-0.3, -0.25) is 9.59 Å². The number of hydrogen-bond acceptors (Lipinski definition) is 5. The van der Waals surface area contributed by atoms with Crippen molar-refractivity contribution in [3.8, 4) is 11.5 Å². The molecule has 2 amide bonds. The van der Waals surface area contributed by atoms with Crippen molar-refractivity contribution in [3.63, 3.8) is 0 Å². The van der Waals surface area contributed by atoms with E-state index in [1.165, 1.54) is 4.90 Å². The molecule has 1 aliphatic rings. The number of amides is 2. The molecule has 0 saturated carbocycles. The second kappa shape index (κ2) is 8.60. The lowest BCUT2D eigenvalue weighted by Gasteiger charge is -2.12. The summed E-state index contributed by atoms with van der Waals surface area (Å²) in [5, 5.41) is -0.312. The van der Waals surface area contributed by atoms with E-state index in [0.29, 0.717) is 35.3 Å². The zero-order valence-electron chi connectivity index (χ0n) is 14.9. The highest BCUT2D eigenvalue weighted by molar-refractivity contribution is 8.19. The Morgan fingerprint density at radius 2 is 1.85 bits per heavy atom. The second-order valence-corrected chi connectivity index (χ2v) is 6.58. The highest BCUT2D eigenvalue weighted by Crippen LogP contribution is 2.37. The number of carbonyl (C=O) groups excluding carboxylic acids is 2. The van der Waals surface area contributed by atoms with E-state index in [-0.39, 0.29) is 11.1 Å². The molecule has 5 nitrogen and oxygen atoms in total. The van der Waals surface area contributed by atoms with E-state index in [2.05, 4.69) is 6.58 Å². The van der Waals surface area contributed by atoms with Crippen molar-refractivity contribution < 1.29 is 19.1 Å². The minimum atomic E-state index is -0.332. The van der Waals surface area contributed by atoms with Gasteiger partial charge in [0.25, 0.3) is 11.1 Å². The lowest BCUT2D eigenvalue weighted by Crippen LogP contribution is -2.27. The molecule has 0 atom stereocenters. The van der Waals surface area contributed by atoms with Gasteiger partial charge < -0.3 is 9.47 Å². The van der Waals surface area contributed by atoms with Gasteiger partial charge in [0.15, 0.2) is 11.5 Å². The van der Waals surface area contributed by atoms with Crippen LogP contribution in [-0.2, 0) is 4.79 Å². The molecule has 6 heteroatoms. The van der Waals surface area contributed by atoms with Gasteiger partial charge in [-0.25, -0.2) is 4.90 Å². The predicted octanol–water partition coefficient (Wildman–Crippen LogP) is 4.89. The largest absolute Gasteiger partial charge is 0.490 e. The molecule has 1 fully saturated rings. The van der Waals surface area contributed by atoms with Crippen molar-refractivity contribution in [3.05, 3.63) is 71.7 Å². The fourth-order valence-corrected chi connectivity index (χ4v) is 3.41. The van der Waals surface area contributed by atoms with Crippen LogP contribution < -0.4 is 14.4 Å². The Bertz CT molecular complexity index is 892. The van der Waals surface area contributed by atoms with Crippen LogP contribution >= 0.6 is 11.8 Å². The second-order valence-electron chi connectivity index (χ2n) is 5.59. The van der Waals surface area contributed by atoms with Crippen molar-refractivity contribution in [2.24, 2.45) is 0 Å². The molecule has 2 aromatic rings. The molecule has 1 aliphatic heterocycles. The number of anilines is 1. The van der Waals surface area contributed by atoms with E-state index in [9.17, 15) is 9.59 Å². The van der Waals surface area contributed by atoms with E-state index in [0.717, 1.165) is 17.3 Å². The first-order valence-corrected chi connectivity index (χ1v) is 9.29. The summed E-state index contributed by atoms with van der Waals surface area (Å²) < 4.78 is 11.2. The van der Waals surface area contributed by atoms with E-state index in [4.69, 9.17) is 9.47 Å². The summed E-state index contributed by atoms with van der Waals surface area (Å²) in [5.74, 6) is 0.850. The Balaban J connectivity index is 1.88. The molecule has 0 bridgehead atoms. The summed E-state index contributed by atoms with van der Waals surface area (Å²) >= 11 is 0.922. The van der Waals surface area contributed by atoms with Crippen LogP contribution in [-0.4, -0.2) is 24.4 Å². The molecule has 0 unspecified atom stereocenters. The van der Waals surface area contributed by atoms with Crippen molar-refractivity contribution in [2.45, 2.75) is 6.92 Å². The van der Waals surface area contributed by atoms with Crippen LogP contribution in [0, 0.1) is 0 Å². The highest BCUT2D eigenvalue weighted by Gasteiger charge is 2.36. The lowest BCUT2D eigenvalue weighted by molar-refractivity contribution is -0.113. The van der Waals surface area contributed by atoms with Crippen molar-refractivity contribution in [1.82, 2.24) is 0 Å². The van der Waals surface area contributed by atoms with Crippen LogP contribution in [0.3, 0.4) is 0 Å². The molecule has 3 rings (SSSR count). The van der Waals surface area contributed by atoms with Crippen LogP contribution in [0.4, 0.5) is 10.5 Å². The minimum Gasteiger partial charge on any atom is -0.490 e. The molecular weight excluding hydrogens is 362 g/mol. The van der Waals surface area contributed by atoms with Gasteiger partial charge in [-0.1, -0.05) is 36.9 Å². The third-order valence-electron chi connectivity index (χ3n) is 3.73. The van der Waals surface area contributed by atoms with E-state index >= 15 is 0 Å². The monoisotopic (exact) mass is 381 g/mol. The van der Waals surface area contributed by atoms with Gasteiger partial charge in [0.1, 0.15) is 6.61 Å². The number of hydrogen-bond donors (Lipinski definition) is 0. The Hall–Kier alpha value is -2.99. The molecule has 0 N–H and O–H groups in total. The number of thioether (sulfide) groups is 1. The Morgan fingerprint density at radius 3 is 2.56 bits per heavy atom.